The highest BCUT2D eigenvalue weighted by molar-refractivity contribution is 5.21. The lowest BCUT2D eigenvalue weighted by atomic mass is 10.1. The lowest BCUT2D eigenvalue weighted by molar-refractivity contribution is 0.115. The summed E-state index contributed by atoms with van der Waals surface area (Å²) in [7, 11) is 0. The van der Waals surface area contributed by atoms with Gasteiger partial charge in [0.25, 0.3) is 0 Å². The van der Waals surface area contributed by atoms with Gasteiger partial charge in [-0.15, -0.1) is 5.10 Å². The molecule has 0 spiro atoms. The first-order chi connectivity index (χ1) is 7.32. The van der Waals surface area contributed by atoms with Gasteiger partial charge in [0.1, 0.15) is 0 Å². The summed E-state index contributed by atoms with van der Waals surface area (Å²) in [6.07, 6.45) is 6.97. The molecule has 2 fully saturated rings. The van der Waals surface area contributed by atoms with Crippen molar-refractivity contribution in [2.24, 2.45) is 11.8 Å². The quantitative estimate of drug-likeness (QED) is 0.720. The largest absolute Gasteiger partial charge is 0.304 e. The molecule has 1 aromatic rings. The van der Waals surface area contributed by atoms with E-state index in [1.807, 2.05) is 4.68 Å². The van der Waals surface area contributed by atoms with Crippen LogP contribution in [-0.4, -0.2) is 21.6 Å². The third kappa shape index (κ3) is 1.77. The van der Waals surface area contributed by atoms with E-state index in [0.717, 1.165) is 31.0 Å². The van der Waals surface area contributed by atoms with Crippen LogP contribution in [0.5, 0.6) is 0 Å². The molecule has 2 saturated carbocycles. The average molecular weight is 208 g/mol. The molecule has 2 aliphatic carbocycles. The van der Waals surface area contributed by atoms with Crippen LogP contribution in [0.1, 0.15) is 31.4 Å². The Morgan fingerprint density at radius 2 is 2.33 bits per heavy atom. The van der Waals surface area contributed by atoms with E-state index in [2.05, 4.69) is 16.5 Å². The van der Waals surface area contributed by atoms with Gasteiger partial charge in [-0.2, -0.15) is 0 Å². The van der Waals surface area contributed by atoms with Crippen molar-refractivity contribution in [3.63, 3.8) is 0 Å². The molecule has 0 saturated heterocycles. The van der Waals surface area contributed by atoms with Crippen molar-refractivity contribution in [2.75, 3.05) is 6.61 Å². The highest BCUT2D eigenvalue weighted by atomic mass is 16.6. The van der Waals surface area contributed by atoms with Gasteiger partial charge in [-0.1, -0.05) is 5.21 Å². The molecule has 0 radical (unpaired) electrons. The van der Waals surface area contributed by atoms with Crippen LogP contribution in [0.15, 0.2) is 6.20 Å². The molecule has 3 rings (SSSR count). The summed E-state index contributed by atoms with van der Waals surface area (Å²) in [5.41, 5.74) is 1.13. The predicted octanol–water partition coefficient (Wildman–Crippen LogP) is 0.610. The lowest BCUT2D eigenvalue weighted by Crippen LogP contribution is -2.18. The second kappa shape index (κ2) is 3.28. The van der Waals surface area contributed by atoms with Gasteiger partial charge in [0.2, 0.25) is 0 Å². The van der Waals surface area contributed by atoms with Gasteiger partial charge in [0.15, 0.2) is 0 Å². The molecule has 2 N–H and O–H groups in total. The number of nitrogens with zero attached hydrogens (tertiary/aromatic N) is 3. The Balaban J connectivity index is 1.71. The standard InChI is InChI=1S/C10H16N4O/c11-15-7-10(3-4-10)9-6-14(13-12-9)5-8-1-2-8/h6,8H,1-5,7,11H2. The van der Waals surface area contributed by atoms with Crippen molar-refractivity contribution in [1.29, 1.82) is 0 Å². The molecule has 5 heteroatoms. The maximum absolute atomic E-state index is 5.13. The zero-order valence-electron chi connectivity index (χ0n) is 8.72. The first kappa shape index (κ1) is 9.30. The Bertz CT molecular complexity index is 354. The van der Waals surface area contributed by atoms with E-state index in [1.54, 1.807) is 0 Å². The fraction of sp³-hybridized carbons (Fsp3) is 0.800. The summed E-state index contributed by atoms with van der Waals surface area (Å²) in [5, 5.41) is 8.38. The fourth-order valence-electron chi connectivity index (χ4n) is 1.98. The van der Waals surface area contributed by atoms with E-state index >= 15 is 0 Å². The molecule has 0 aliphatic heterocycles. The SMILES string of the molecule is NOCC1(c2cn(CC3CC3)nn2)CC1. The molecule has 15 heavy (non-hydrogen) atoms. The molecule has 82 valence electrons. The molecule has 0 amide bonds. The topological polar surface area (TPSA) is 66.0 Å². The van der Waals surface area contributed by atoms with Crippen molar-refractivity contribution < 1.29 is 4.84 Å². The molecule has 5 nitrogen and oxygen atoms in total. The molecule has 1 heterocycles. The van der Waals surface area contributed by atoms with Gasteiger partial charge >= 0.3 is 0 Å². The minimum Gasteiger partial charge on any atom is -0.304 e. The highest BCUT2D eigenvalue weighted by Crippen LogP contribution is 2.47. The maximum Gasteiger partial charge on any atom is 0.0912 e. The smallest absolute Gasteiger partial charge is 0.0912 e. The Labute approximate surface area is 88.5 Å². The number of hydrogen-bond acceptors (Lipinski definition) is 4. The molecule has 0 bridgehead atoms. The number of nitrogens with two attached hydrogens (primary N) is 1. The van der Waals surface area contributed by atoms with Crippen molar-refractivity contribution in [1.82, 2.24) is 15.0 Å². The molecule has 0 atom stereocenters. The Morgan fingerprint density at radius 3 is 2.93 bits per heavy atom. The van der Waals surface area contributed by atoms with Crippen LogP contribution >= 0.6 is 0 Å². The summed E-state index contributed by atoms with van der Waals surface area (Å²) >= 11 is 0. The van der Waals surface area contributed by atoms with E-state index in [-0.39, 0.29) is 5.41 Å². The lowest BCUT2D eigenvalue weighted by Gasteiger charge is -2.08. The second-order valence-electron chi connectivity index (χ2n) is 4.86. The van der Waals surface area contributed by atoms with E-state index in [1.165, 1.54) is 12.8 Å². The molecule has 0 unspecified atom stereocenters. The van der Waals surface area contributed by atoms with Gasteiger partial charge in [-0.3, -0.25) is 4.68 Å². The number of hydrogen-bond donors (Lipinski definition) is 1. The van der Waals surface area contributed by atoms with Crippen LogP contribution in [0, 0.1) is 5.92 Å². The Morgan fingerprint density at radius 1 is 1.53 bits per heavy atom. The van der Waals surface area contributed by atoms with Crippen LogP contribution < -0.4 is 5.90 Å². The van der Waals surface area contributed by atoms with Crippen LogP contribution in [0.3, 0.4) is 0 Å². The van der Waals surface area contributed by atoms with Crippen LogP contribution in [0.2, 0.25) is 0 Å². The van der Waals surface area contributed by atoms with Crippen molar-refractivity contribution in [2.45, 2.75) is 37.6 Å². The summed E-state index contributed by atoms with van der Waals surface area (Å²) in [4.78, 5) is 4.75. The van der Waals surface area contributed by atoms with E-state index in [9.17, 15) is 0 Å². The monoisotopic (exact) mass is 208 g/mol. The summed E-state index contributed by atoms with van der Waals surface area (Å²) in [6, 6.07) is 0. The van der Waals surface area contributed by atoms with Crippen molar-refractivity contribution >= 4 is 0 Å². The minimum atomic E-state index is 0.0799. The first-order valence-corrected chi connectivity index (χ1v) is 5.55. The number of rotatable bonds is 5. The molecular formula is C10H16N4O. The third-order valence-electron chi connectivity index (χ3n) is 3.44. The van der Waals surface area contributed by atoms with Gasteiger partial charge in [-0.25, -0.2) is 5.90 Å². The maximum atomic E-state index is 5.13. The highest BCUT2D eigenvalue weighted by Gasteiger charge is 2.47. The number of aromatic nitrogens is 3. The minimum absolute atomic E-state index is 0.0799. The summed E-state index contributed by atoms with van der Waals surface area (Å²) < 4.78 is 1.96. The third-order valence-corrected chi connectivity index (χ3v) is 3.44. The summed E-state index contributed by atoms with van der Waals surface area (Å²) in [5.74, 6) is 5.97. The van der Waals surface area contributed by atoms with Crippen LogP contribution in [-0.2, 0) is 16.8 Å². The van der Waals surface area contributed by atoms with Gasteiger partial charge in [0, 0.05) is 18.2 Å². The predicted molar refractivity (Wildman–Crippen MR) is 53.8 cm³/mol. The Kier molecular flexibility index (Phi) is 2.03. The molecule has 0 aromatic carbocycles. The van der Waals surface area contributed by atoms with Crippen molar-refractivity contribution in [3.05, 3.63) is 11.9 Å². The fourth-order valence-corrected chi connectivity index (χ4v) is 1.98. The first-order valence-electron chi connectivity index (χ1n) is 5.55. The Hall–Kier alpha value is -0.940. The van der Waals surface area contributed by atoms with E-state index in [0.29, 0.717) is 6.61 Å². The van der Waals surface area contributed by atoms with Gasteiger partial charge in [-0.05, 0) is 31.6 Å². The van der Waals surface area contributed by atoms with E-state index < -0.39 is 0 Å². The van der Waals surface area contributed by atoms with Gasteiger partial charge in [0.05, 0.1) is 12.3 Å². The zero-order valence-corrected chi connectivity index (χ0v) is 8.72. The van der Waals surface area contributed by atoms with Crippen LogP contribution in [0.25, 0.3) is 0 Å². The summed E-state index contributed by atoms with van der Waals surface area (Å²) in [6.45, 7) is 1.59. The zero-order chi connectivity index (χ0) is 10.3. The molecular weight excluding hydrogens is 192 g/mol. The van der Waals surface area contributed by atoms with E-state index in [4.69, 9.17) is 10.7 Å². The normalized spacial score (nSPS) is 23.0. The second-order valence-corrected chi connectivity index (χ2v) is 4.86. The van der Waals surface area contributed by atoms with Gasteiger partial charge < -0.3 is 4.84 Å². The molecule has 1 aromatic heterocycles. The molecule has 2 aliphatic rings. The van der Waals surface area contributed by atoms with Crippen molar-refractivity contribution in [3.8, 4) is 0 Å². The average Bonchev–Trinajstić information content (AvgIpc) is 3.11. The van der Waals surface area contributed by atoms with Crippen LogP contribution in [0.4, 0.5) is 0 Å².